The minimum absolute atomic E-state index is 0.182. The fourth-order valence-electron chi connectivity index (χ4n) is 0.876. The maximum Gasteiger partial charge on any atom is 0.357 e. The standard InChI is InChI=1S/C5H5N5O2/c6-3-2-4(8-1-7-2)10-5(9-3)12-11/h1,11H,(H3,6,7,8,9,10). The summed E-state index contributed by atoms with van der Waals surface area (Å²) < 4.78 is 0. The molecule has 0 saturated heterocycles. The molecular weight excluding hydrogens is 162 g/mol. The van der Waals surface area contributed by atoms with Gasteiger partial charge in [-0.15, -0.1) is 0 Å². The van der Waals surface area contributed by atoms with Crippen LogP contribution in [0.1, 0.15) is 0 Å². The molecule has 12 heavy (non-hydrogen) atoms. The van der Waals surface area contributed by atoms with Crippen LogP contribution in [0.2, 0.25) is 0 Å². The highest BCUT2D eigenvalue weighted by molar-refractivity contribution is 5.81. The van der Waals surface area contributed by atoms with E-state index >= 15 is 0 Å². The van der Waals surface area contributed by atoms with E-state index in [2.05, 4.69) is 24.8 Å². The fraction of sp³-hybridized carbons (Fsp3) is 0. The molecule has 0 unspecified atom stereocenters. The topological polar surface area (TPSA) is 110 Å². The Labute approximate surface area is 66.2 Å². The summed E-state index contributed by atoms with van der Waals surface area (Å²) in [5.74, 6) is 0.182. The molecule has 0 aliphatic heterocycles. The number of anilines is 1. The number of hydrogen-bond donors (Lipinski definition) is 3. The van der Waals surface area contributed by atoms with Crippen molar-refractivity contribution in [3.05, 3.63) is 6.33 Å². The van der Waals surface area contributed by atoms with Crippen molar-refractivity contribution in [1.82, 2.24) is 19.9 Å². The highest BCUT2D eigenvalue weighted by Gasteiger charge is 2.06. The number of nitrogens with one attached hydrogen (secondary N) is 1. The second-order valence-corrected chi connectivity index (χ2v) is 2.08. The fourth-order valence-corrected chi connectivity index (χ4v) is 0.876. The highest BCUT2D eigenvalue weighted by atomic mass is 17.1. The molecule has 0 saturated carbocycles. The Balaban J connectivity index is 2.75. The predicted molar refractivity (Wildman–Crippen MR) is 39.4 cm³/mol. The molecule has 2 rings (SSSR count). The summed E-state index contributed by atoms with van der Waals surface area (Å²) in [6.45, 7) is 0. The molecular formula is C5H5N5O2. The van der Waals surface area contributed by atoms with Gasteiger partial charge in [-0.1, -0.05) is 0 Å². The third-order valence-electron chi connectivity index (χ3n) is 1.37. The minimum atomic E-state index is -0.216. The Morgan fingerprint density at radius 2 is 2.33 bits per heavy atom. The summed E-state index contributed by atoms with van der Waals surface area (Å²) in [7, 11) is 0. The molecule has 0 radical (unpaired) electrons. The number of imidazole rings is 1. The molecule has 0 aliphatic rings. The van der Waals surface area contributed by atoms with Gasteiger partial charge in [0.2, 0.25) is 0 Å². The molecule has 0 amide bonds. The molecule has 0 aromatic carbocycles. The number of hydrogen-bond acceptors (Lipinski definition) is 6. The van der Waals surface area contributed by atoms with Crippen molar-refractivity contribution in [2.24, 2.45) is 0 Å². The Hall–Kier alpha value is -1.89. The lowest BCUT2D eigenvalue weighted by molar-refractivity contribution is -0.145. The van der Waals surface area contributed by atoms with Crippen LogP contribution in [-0.2, 0) is 0 Å². The number of aromatic amines is 1. The first-order chi connectivity index (χ1) is 5.81. The monoisotopic (exact) mass is 167 g/mol. The number of H-pyrrole nitrogens is 1. The summed E-state index contributed by atoms with van der Waals surface area (Å²) in [4.78, 5) is 17.7. The van der Waals surface area contributed by atoms with Crippen LogP contribution in [0.5, 0.6) is 6.01 Å². The lowest BCUT2D eigenvalue weighted by atomic mass is 10.5. The van der Waals surface area contributed by atoms with E-state index in [9.17, 15) is 0 Å². The Bertz CT molecular complexity index is 411. The first kappa shape index (κ1) is 6.80. The van der Waals surface area contributed by atoms with Crippen LogP contribution in [0.3, 0.4) is 0 Å². The largest absolute Gasteiger partial charge is 0.382 e. The second-order valence-electron chi connectivity index (χ2n) is 2.08. The van der Waals surface area contributed by atoms with Crippen molar-refractivity contribution in [3.8, 4) is 6.01 Å². The number of nitrogen functional groups attached to an aromatic ring is 1. The lowest BCUT2D eigenvalue weighted by Crippen LogP contribution is -1.98. The van der Waals surface area contributed by atoms with Gasteiger partial charge in [0.05, 0.1) is 6.33 Å². The zero-order chi connectivity index (χ0) is 8.55. The van der Waals surface area contributed by atoms with Crippen LogP contribution in [0.15, 0.2) is 6.33 Å². The first-order valence-corrected chi connectivity index (χ1v) is 3.09. The van der Waals surface area contributed by atoms with Crippen LogP contribution in [0.4, 0.5) is 5.82 Å². The average Bonchev–Trinajstić information content (AvgIpc) is 2.52. The molecule has 0 bridgehead atoms. The number of rotatable bonds is 1. The van der Waals surface area contributed by atoms with E-state index in [1.807, 2.05) is 0 Å². The SMILES string of the molecule is Nc1nc(OO)nc2nc[nH]c12. The van der Waals surface area contributed by atoms with Crippen molar-refractivity contribution in [2.45, 2.75) is 0 Å². The van der Waals surface area contributed by atoms with Gasteiger partial charge in [-0.25, -0.2) is 4.98 Å². The van der Waals surface area contributed by atoms with Gasteiger partial charge in [-0.2, -0.15) is 15.2 Å². The van der Waals surface area contributed by atoms with E-state index in [1.54, 1.807) is 0 Å². The van der Waals surface area contributed by atoms with Gasteiger partial charge < -0.3 is 10.7 Å². The molecule has 2 heterocycles. The number of nitrogens with two attached hydrogens (primary N) is 1. The summed E-state index contributed by atoms with van der Waals surface area (Å²) in [5.41, 5.74) is 6.34. The normalized spacial score (nSPS) is 10.4. The van der Waals surface area contributed by atoms with E-state index in [4.69, 9.17) is 11.0 Å². The summed E-state index contributed by atoms with van der Waals surface area (Å²) in [5, 5.41) is 8.24. The molecule has 0 aliphatic carbocycles. The van der Waals surface area contributed by atoms with Gasteiger partial charge in [0, 0.05) is 0 Å². The zero-order valence-electron chi connectivity index (χ0n) is 5.85. The summed E-state index contributed by atoms with van der Waals surface area (Å²) in [6, 6.07) is -0.216. The van der Waals surface area contributed by atoms with Crippen LogP contribution in [-0.4, -0.2) is 25.2 Å². The van der Waals surface area contributed by atoms with Crippen molar-refractivity contribution >= 4 is 17.0 Å². The Morgan fingerprint density at radius 3 is 3.08 bits per heavy atom. The van der Waals surface area contributed by atoms with Crippen LogP contribution in [0, 0.1) is 0 Å². The van der Waals surface area contributed by atoms with Crippen molar-refractivity contribution in [3.63, 3.8) is 0 Å². The van der Waals surface area contributed by atoms with Crippen LogP contribution < -0.4 is 10.6 Å². The predicted octanol–water partition coefficient (Wildman–Crippen LogP) is -0.213. The molecule has 0 atom stereocenters. The molecule has 7 heteroatoms. The Morgan fingerprint density at radius 1 is 1.50 bits per heavy atom. The van der Waals surface area contributed by atoms with Crippen molar-refractivity contribution in [1.29, 1.82) is 0 Å². The minimum Gasteiger partial charge on any atom is -0.382 e. The first-order valence-electron chi connectivity index (χ1n) is 3.09. The van der Waals surface area contributed by atoms with E-state index in [0.29, 0.717) is 11.2 Å². The smallest absolute Gasteiger partial charge is 0.357 e. The van der Waals surface area contributed by atoms with Gasteiger partial charge in [-0.3, -0.25) is 4.89 Å². The van der Waals surface area contributed by atoms with Gasteiger partial charge in [-0.05, 0) is 0 Å². The van der Waals surface area contributed by atoms with Crippen LogP contribution >= 0.6 is 0 Å². The molecule has 4 N–H and O–H groups in total. The van der Waals surface area contributed by atoms with Gasteiger partial charge >= 0.3 is 6.01 Å². The number of nitrogens with zero attached hydrogens (tertiary/aromatic N) is 3. The summed E-state index contributed by atoms with van der Waals surface area (Å²) in [6.07, 6.45) is 1.43. The van der Waals surface area contributed by atoms with Gasteiger partial charge in [0.15, 0.2) is 11.5 Å². The van der Waals surface area contributed by atoms with Crippen molar-refractivity contribution < 1.29 is 10.1 Å². The highest BCUT2D eigenvalue weighted by Crippen LogP contribution is 2.15. The van der Waals surface area contributed by atoms with Crippen molar-refractivity contribution in [2.75, 3.05) is 5.73 Å². The van der Waals surface area contributed by atoms with E-state index in [-0.39, 0.29) is 11.8 Å². The van der Waals surface area contributed by atoms with E-state index in [1.165, 1.54) is 6.33 Å². The Kier molecular flexibility index (Phi) is 1.31. The maximum atomic E-state index is 8.24. The molecule has 62 valence electrons. The molecule has 2 aromatic heterocycles. The molecule has 7 nitrogen and oxygen atoms in total. The molecule has 0 spiro atoms. The van der Waals surface area contributed by atoms with Gasteiger partial charge in [0.1, 0.15) is 5.52 Å². The quantitative estimate of drug-likeness (QED) is 0.400. The second kappa shape index (κ2) is 2.31. The molecule has 0 fully saturated rings. The molecule has 2 aromatic rings. The van der Waals surface area contributed by atoms with E-state index in [0.717, 1.165) is 0 Å². The van der Waals surface area contributed by atoms with E-state index < -0.39 is 0 Å². The number of aromatic nitrogens is 4. The lowest BCUT2D eigenvalue weighted by Gasteiger charge is -1.96. The maximum absolute atomic E-state index is 8.24. The van der Waals surface area contributed by atoms with Gasteiger partial charge in [0.25, 0.3) is 0 Å². The number of fused-ring (bicyclic) bond motifs is 1. The summed E-state index contributed by atoms with van der Waals surface area (Å²) >= 11 is 0. The third kappa shape index (κ3) is 0.839. The third-order valence-corrected chi connectivity index (χ3v) is 1.37. The zero-order valence-corrected chi connectivity index (χ0v) is 5.85. The van der Waals surface area contributed by atoms with Crippen LogP contribution in [0.25, 0.3) is 11.2 Å². The average molecular weight is 167 g/mol.